The molecular formula is C26H36N2O6. The average molecular weight is 473 g/mol. The minimum Gasteiger partial charge on any atom is -0.478 e. The summed E-state index contributed by atoms with van der Waals surface area (Å²) in [5.41, 5.74) is 8.83. The third kappa shape index (κ3) is 6.11. The number of nitrogens with zero attached hydrogens (tertiary/aromatic N) is 1. The van der Waals surface area contributed by atoms with Gasteiger partial charge in [0.2, 0.25) is 0 Å². The van der Waals surface area contributed by atoms with Gasteiger partial charge in [0.1, 0.15) is 12.4 Å². The molecule has 3 atom stereocenters. The summed E-state index contributed by atoms with van der Waals surface area (Å²) in [5, 5.41) is 19.8. The van der Waals surface area contributed by atoms with Crippen molar-refractivity contribution in [3.05, 3.63) is 47.0 Å². The number of Topliss-reactive ketones (excluding diaryl/α,β-unsaturated/α-hetero) is 1. The minimum atomic E-state index is -1.26. The number of carbonyl (C=O) groups excluding carboxylic acids is 1. The second-order valence-corrected chi connectivity index (χ2v) is 9.66. The maximum Gasteiger partial charge on any atom is 0.328 e. The zero-order valence-corrected chi connectivity index (χ0v) is 20.4. The Labute approximate surface area is 200 Å². The van der Waals surface area contributed by atoms with Crippen LogP contribution in [0, 0.1) is 11.3 Å². The van der Waals surface area contributed by atoms with E-state index in [0.29, 0.717) is 43.4 Å². The number of benzene rings is 1. The fourth-order valence-electron chi connectivity index (χ4n) is 5.17. The molecule has 2 aliphatic carbocycles. The molecule has 0 amide bonds. The van der Waals surface area contributed by atoms with Crippen LogP contribution in [0.25, 0.3) is 0 Å². The number of aryl methyl sites for hydroxylation is 1. The van der Waals surface area contributed by atoms with E-state index in [1.54, 1.807) is 0 Å². The first kappa shape index (κ1) is 27.2. The summed E-state index contributed by atoms with van der Waals surface area (Å²) in [5.74, 6) is -1.39. The summed E-state index contributed by atoms with van der Waals surface area (Å²) in [6, 6.07) is 6.73. The number of carboxylic acid groups (broad SMARTS) is 2. The highest BCUT2D eigenvalue weighted by Gasteiger charge is 2.55. The molecule has 0 heterocycles. The predicted octanol–water partition coefficient (Wildman–Crippen LogP) is 3.67. The molecule has 8 nitrogen and oxygen atoms in total. The highest BCUT2D eigenvalue weighted by molar-refractivity contribution is 5.93. The van der Waals surface area contributed by atoms with E-state index in [0.717, 1.165) is 19.3 Å². The smallest absolute Gasteiger partial charge is 0.328 e. The van der Waals surface area contributed by atoms with Gasteiger partial charge in [-0.25, -0.2) is 9.59 Å². The van der Waals surface area contributed by atoms with Crippen molar-refractivity contribution in [1.82, 2.24) is 0 Å². The Kier molecular flexibility index (Phi) is 9.15. The van der Waals surface area contributed by atoms with Crippen LogP contribution >= 0.6 is 0 Å². The van der Waals surface area contributed by atoms with Gasteiger partial charge in [-0.2, -0.15) is 0 Å². The molecule has 0 spiro atoms. The molecule has 3 rings (SSSR count). The van der Waals surface area contributed by atoms with Gasteiger partial charge in [0, 0.05) is 36.7 Å². The number of carboxylic acids is 2. The van der Waals surface area contributed by atoms with Crippen LogP contribution < -0.4 is 5.73 Å². The van der Waals surface area contributed by atoms with Crippen LogP contribution in [0.3, 0.4) is 0 Å². The van der Waals surface area contributed by atoms with Gasteiger partial charge in [-0.15, -0.1) is 0 Å². The summed E-state index contributed by atoms with van der Waals surface area (Å²) in [6.07, 6.45) is 6.52. The van der Waals surface area contributed by atoms with E-state index in [2.05, 4.69) is 51.0 Å². The third-order valence-corrected chi connectivity index (χ3v) is 7.02. The van der Waals surface area contributed by atoms with Gasteiger partial charge in [0.25, 0.3) is 0 Å². The van der Waals surface area contributed by atoms with Gasteiger partial charge >= 0.3 is 11.9 Å². The second kappa shape index (κ2) is 11.4. The Morgan fingerprint density at radius 1 is 1.21 bits per heavy atom. The van der Waals surface area contributed by atoms with Crippen molar-refractivity contribution >= 4 is 23.9 Å². The SMILES string of the molecule is CC(C)c1ccc2c(c1)CCC1[C@@](C)(/C=N/OCCN)CCC(=O)[C@]21C.O=C(O)/C=C/C(=O)O. The van der Waals surface area contributed by atoms with Crippen LogP contribution in [0.1, 0.15) is 69.6 Å². The fraction of sp³-hybridized carbons (Fsp3) is 0.538. The Hall–Kier alpha value is -3.00. The molecule has 0 aromatic heterocycles. The number of aliphatic carboxylic acids is 2. The van der Waals surface area contributed by atoms with Crippen LogP contribution in [-0.4, -0.2) is 47.3 Å². The molecule has 0 radical (unpaired) electrons. The van der Waals surface area contributed by atoms with Crippen molar-refractivity contribution < 1.29 is 29.4 Å². The molecule has 1 unspecified atom stereocenters. The number of rotatable bonds is 7. The second-order valence-electron chi connectivity index (χ2n) is 9.66. The zero-order chi connectivity index (χ0) is 25.5. The maximum absolute atomic E-state index is 13.1. The highest BCUT2D eigenvalue weighted by Crippen LogP contribution is 2.55. The summed E-state index contributed by atoms with van der Waals surface area (Å²) >= 11 is 0. The van der Waals surface area contributed by atoms with Crippen molar-refractivity contribution in [3.63, 3.8) is 0 Å². The number of hydrogen-bond acceptors (Lipinski definition) is 6. The van der Waals surface area contributed by atoms with Crippen molar-refractivity contribution in [2.24, 2.45) is 22.2 Å². The molecule has 0 aliphatic heterocycles. The summed E-state index contributed by atoms with van der Waals surface area (Å²) in [6.45, 7) is 9.70. The Morgan fingerprint density at radius 3 is 2.41 bits per heavy atom. The molecule has 1 aromatic carbocycles. The van der Waals surface area contributed by atoms with Crippen LogP contribution in [0.5, 0.6) is 0 Å². The van der Waals surface area contributed by atoms with Crippen LogP contribution in [-0.2, 0) is 31.1 Å². The topological polar surface area (TPSA) is 139 Å². The Balaban J connectivity index is 0.000000440. The van der Waals surface area contributed by atoms with Crippen molar-refractivity contribution in [2.45, 2.75) is 64.7 Å². The van der Waals surface area contributed by atoms with Gasteiger partial charge in [-0.3, -0.25) is 4.79 Å². The summed E-state index contributed by atoms with van der Waals surface area (Å²) in [4.78, 5) is 37.5. The summed E-state index contributed by atoms with van der Waals surface area (Å²) < 4.78 is 0. The number of carbonyl (C=O) groups is 3. The Morgan fingerprint density at radius 2 is 1.85 bits per heavy atom. The lowest BCUT2D eigenvalue weighted by Crippen LogP contribution is -2.55. The van der Waals surface area contributed by atoms with Crippen molar-refractivity contribution in [2.75, 3.05) is 13.2 Å². The molecule has 0 saturated heterocycles. The predicted molar refractivity (Wildman–Crippen MR) is 130 cm³/mol. The van der Waals surface area contributed by atoms with E-state index in [1.807, 2.05) is 6.21 Å². The quantitative estimate of drug-likeness (QED) is 0.238. The van der Waals surface area contributed by atoms with E-state index < -0.39 is 17.4 Å². The zero-order valence-electron chi connectivity index (χ0n) is 20.4. The van der Waals surface area contributed by atoms with Crippen LogP contribution in [0.4, 0.5) is 0 Å². The molecule has 1 fully saturated rings. The van der Waals surface area contributed by atoms with Gasteiger partial charge in [0.15, 0.2) is 0 Å². The maximum atomic E-state index is 13.1. The number of oxime groups is 1. The largest absolute Gasteiger partial charge is 0.478 e. The van der Waals surface area contributed by atoms with Crippen LogP contribution in [0.15, 0.2) is 35.5 Å². The van der Waals surface area contributed by atoms with Crippen LogP contribution in [0.2, 0.25) is 0 Å². The monoisotopic (exact) mass is 472 g/mol. The minimum absolute atomic E-state index is 0.133. The number of hydrogen-bond donors (Lipinski definition) is 3. The first-order valence-electron chi connectivity index (χ1n) is 11.6. The van der Waals surface area contributed by atoms with E-state index in [-0.39, 0.29) is 11.3 Å². The van der Waals surface area contributed by atoms with Gasteiger partial charge in [-0.05, 0) is 54.7 Å². The van der Waals surface area contributed by atoms with E-state index in [1.165, 1.54) is 16.7 Å². The van der Waals surface area contributed by atoms with E-state index in [4.69, 9.17) is 20.8 Å². The molecule has 34 heavy (non-hydrogen) atoms. The Bertz CT molecular complexity index is 954. The standard InChI is InChI=1S/C22H32N2O2.C4H4O4/c1-15(2)16-5-7-18-17(13-16)6-8-19-21(3,14-24-26-12-11-23)10-9-20(25)22(18,19)4;5-3(6)1-2-4(7)8/h5,7,13-15,19H,6,8-12,23H2,1-4H3;1-2H,(H,5,6)(H,7,8)/b24-14+;2-1+/t19?,21-,22-;/m1./s1. The lowest BCUT2D eigenvalue weighted by atomic mass is 9.49. The van der Waals surface area contributed by atoms with E-state index >= 15 is 0 Å². The molecule has 186 valence electrons. The van der Waals surface area contributed by atoms with Gasteiger partial charge < -0.3 is 20.8 Å². The fourth-order valence-corrected chi connectivity index (χ4v) is 5.17. The first-order valence-corrected chi connectivity index (χ1v) is 11.6. The average Bonchev–Trinajstić information content (AvgIpc) is 2.78. The molecule has 0 bridgehead atoms. The first-order chi connectivity index (χ1) is 16.0. The highest BCUT2D eigenvalue weighted by atomic mass is 16.6. The van der Waals surface area contributed by atoms with Gasteiger partial charge in [-0.1, -0.05) is 44.1 Å². The number of fused-ring (bicyclic) bond motifs is 3. The lowest BCUT2D eigenvalue weighted by molar-refractivity contribution is -0.134. The number of nitrogens with two attached hydrogens (primary N) is 1. The molecular weight excluding hydrogens is 436 g/mol. The van der Waals surface area contributed by atoms with E-state index in [9.17, 15) is 14.4 Å². The lowest BCUT2D eigenvalue weighted by Gasteiger charge is -2.52. The van der Waals surface area contributed by atoms with Crippen molar-refractivity contribution in [3.8, 4) is 0 Å². The molecule has 2 aliphatic rings. The van der Waals surface area contributed by atoms with Crippen molar-refractivity contribution in [1.29, 1.82) is 0 Å². The molecule has 8 heteroatoms. The molecule has 4 N–H and O–H groups in total. The molecule has 1 aromatic rings. The van der Waals surface area contributed by atoms with Gasteiger partial charge in [0.05, 0.1) is 5.41 Å². The summed E-state index contributed by atoms with van der Waals surface area (Å²) in [7, 11) is 0. The number of ketones is 1. The molecule has 1 saturated carbocycles. The normalized spacial score (nSPS) is 26.1. The third-order valence-electron chi connectivity index (χ3n) is 7.02.